The largest absolute Gasteiger partial charge is 0.478 e. The molecule has 0 aliphatic rings. The minimum absolute atomic E-state index is 0.116. The minimum Gasteiger partial charge on any atom is -0.478 e. The van der Waals surface area contributed by atoms with E-state index >= 15 is 0 Å². The standard InChI is InChI=1S/C10H10FNO5/c11-6-2-1-4(3-5(6)10(16)17)7(13)8(14)9(12)15/h1-3,7-8,13-14H,(H2,12,15)(H,16,17). The number of benzene rings is 1. The summed E-state index contributed by atoms with van der Waals surface area (Å²) in [7, 11) is 0. The number of amides is 1. The van der Waals surface area contributed by atoms with Crippen molar-refractivity contribution in [1.82, 2.24) is 0 Å². The smallest absolute Gasteiger partial charge is 0.338 e. The lowest BCUT2D eigenvalue weighted by Gasteiger charge is -2.15. The van der Waals surface area contributed by atoms with E-state index in [0.29, 0.717) is 0 Å². The summed E-state index contributed by atoms with van der Waals surface area (Å²) < 4.78 is 13.0. The van der Waals surface area contributed by atoms with Crippen LogP contribution in [0.1, 0.15) is 22.0 Å². The van der Waals surface area contributed by atoms with Gasteiger partial charge in [-0.15, -0.1) is 0 Å². The monoisotopic (exact) mass is 243 g/mol. The Morgan fingerprint density at radius 2 is 1.88 bits per heavy atom. The van der Waals surface area contributed by atoms with Crippen LogP contribution in [0, 0.1) is 5.82 Å². The van der Waals surface area contributed by atoms with E-state index in [1.165, 1.54) is 0 Å². The number of rotatable bonds is 4. The van der Waals surface area contributed by atoms with Crippen molar-refractivity contribution in [3.8, 4) is 0 Å². The zero-order valence-electron chi connectivity index (χ0n) is 8.50. The van der Waals surface area contributed by atoms with Gasteiger partial charge in [0.1, 0.15) is 11.9 Å². The van der Waals surface area contributed by atoms with E-state index in [1.807, 2.05) is 0 Å². The molecule has 0 spiro atoms. The number of aliphatic hydroxyl groups excluding tert-OH is 2. The van der Waals surface area contributed by atoms with Gasteiger partial charge in [0.25, 0.3) is 0 Å². The van der Waals surface area contributed by atoms with E-state index in [-0.39, 0.29) is 5.56 Å². The van der Waals surface area contributed by atoms with Gasteiger partial charge < -0.3 is 21.1 Å². The third kappa shape index (κ3) is 2.77. The molecule has 92 valence electrons. The van der Waals surface area contributed by atoms with Crippen LogP contribution in [0.5, 0.6) is 0 Å². The summed E-state index contributed by atoms with van der Waals surface area (Å²) in [6.45, 7) is 0. The predicted molar refractivity (Wildman–Crippen MR) is 53.5 cm³/mol. The van der Waals surface area contributed by atoms with E-state index in [0.717, 1.165) is 18.2 Å². The molecule has 1 aromatic rings. The van der Waals surface area contributed by atoms with Crippen LogP contribution in [-0.4, -0.2) is 33.3 Å². The van der Waals surface area contributed by atoms with Gasteiger partial charge in [-0.3, -0.25) is 4.79 Å². The molecule has 2 unspecified atom stereocenters. The fraction of sp³-hybridized carbons (Fsp3) is 0.200. The van der Waals surface area contributed by atoms with Gasteiger partial charge in [-0.25, -0.2) is 9.18 Å². The van der Waals surface area contributed by atoms with Crippen molar-refractivity contribution in [3.05, 3.63) is 35.1 Å². The van der Waals surface area contributed by atoms with Gasteiger partial charge in [0.2, 0.25) is 5.91 Å². The normalized spacial score (nSPS) is 14.1. The molecule has 0 aromatic heterocycles. The van der Waals surface area contributed by atoms with E-state index < -0.39 is 35.5 Å². The average molecular weight is 243 g/mol. The number of carboxylic acid groups (broad SMARTS) is 1. The highest BCUT2D eigenvalue weighted by Crippen LogP contribution is 2.20. The first-order chi connectivity index (χ1) is 7.84. The Morgan fingerprint density at radius 3 is 2.35 bits per heavy atom. The molecule has 1 rings (SSSR count). The van der Waals surface area contributed by atoms with E-state index in [9.17, 15) is 24.2 Å². The quantitative estimate of drug-likeness (QED) is 0.562. The molecular weight excluding hydrogens is 233 g/mol. The van der Waals surface area contributed by atoms with Crippen LogP contribution in [0.25, 0.3) is 0 Å². The number of aromatic carboxylic acids is 1. The molecule has 17 heavy (non-hydrogen) atoms. The van der Waals surface area contributed by atoms with Gasteiger partial charge in [-0.1, -0.05) is 6.07 Å². The first kappa shape index (κ1) is 13.1. The summed E-state index contributed by atoms with van der Waals surface area (Å²) in [5.74, 6) is -3.68. The molecule has 0 bridgehead atoms. The fourth-order valence-corrected chi connectivity index (χ4v) is 1.23. The van der Waals surface area contributed by atoms with E-state index in [2.05, 4.69) is 0 Å². The number of hydrogen-bond acceptors (Lipinski definition) is 4. The predicted octanol–water partition coefficient (Wildman–Crippen LogP) is -0.597. The van der Waals surface area contributed by atoms with Crippen LogP contribution in [-0.2, 0) is 4.79 Å². The Morgan fingerprint density at radius 1 is 1.29 bits per heavy atom. The molecule has 0 aliphatic heterocycles. The van der Waals surface area contributed by atoms with Crippen molar-refractivity contribution < 1.29 is 29.3 Å². The van der Waals surface area contributed by atoms with Crippen LogP contribution in [0.15, 0.2) is 18.2 Å². The number of primary amides is 1. The third-order valence-corrected chi connectivity index (χ3v) is 2.15. The lowest BCUT2D eigenvalue weighted by molar-refractivity contribution is -0.131. The Balaban J connectivity index is 3.11. The second-order valence-corrected chi connectivity index (χ2v) is 3.34. The molecule has 0 aliphatic carbocycles. The van der Waals surface area contributed by atoms with Crippen LogP contribution >= 0.6 is 0 Å². The van der Waals surface area contributed by atoms with Crippen LogP contribution in [0.2, 0.25) is 0 Å². The lowest BCUT2D eigenvalue weighted by Crippen LogP contribution is -2.33. The summed E-state index contributed by atoms with van der Waals surface area (Å²) in [6.07, 6.45) is -3.59. The number of hydrogen-bond donors (Lipinski definition) is 4. The highest BCUT2D eigenvalue weighted by molar-refractivity contribution is 5.88. The van der Waals surface area contributed by atoms with Crippen LogP contribution in [0.3, 0.4) is 0 Å². The van der Waals surface area contributed by atoms with Crippen molar-refractivity contribution in [3.63, 3.8) is 0 Å². The molecule has 1 aromatic carbocycles. The SMILES string of the molecule is NC(=O)C(O)C(O)c1ccc(F)c(C(=O)O)c1. The summed E-state index contributed by atoms with van der Waals surface area (Å²) in [5, 5.41) is 27.3. The lowest BCUT2D eigenvalue weighted by atomic mass is 10.0. The Labute approximate surface area is 95.1 Å². The molecule has 0 saturated heterocycles. The van der Waals surface area contributed by atoms with Gasteiger partial charge in [0.15, 0.2) is 6.10 Å². The molecule has 6 nitrogen and oxygen atoms in total. The maximum Gasteiger partial charge on any atom is 0.338 e. The van der Waals surface area contributed by atoms with Gasteiger partial charge in [0, 0.05) is 0 Å². The second kappa shape index (κ2) is 4.89. The highest BCUT2D eigenvalue weighted by Gasteiger charge is 2.24. The zero-order chi connectivity index (χ0) is 13.2. The highest BCUT2D eigenvalue weighted by atomic mass is 19.1. The number of carbonyl (C=O) groups is 2. The van der Waals surface area contributed by atoms with E-state index in [4.69, 9.17) is 10.8 Å². The van der Waals surface area contributed by atoms with Crippen molar-refractivity contribution in [1.29, 1.82) is 0 Å². The molecule has 7 heteroatoms. The summed E-state index contributed by atoms with van der Waals surface area (Å²) in [4.78, 5) is 21.2. The summed E-state index contributed by atoms with van der Waals surface area (Å²) in [5.41, 5.74) is 3.98. The molecular formula is C10H10FNO5. The first-order valence-corrected chi connectivity index (χ1v) is 4.52. The molecule has 1 amide bonds. The Bertz CT molecular complexity index is 462. The molecule has 5 N–H and O–H groups in total. The Kier molecular flexibility index (Phi) is 3.77. The van der Waals surface area contributed by atoms with E-state index in [1.54, 1.807) is 0 Å². The second-order valence-electron chi connectivity index (χ2n) is 3.34. The van der Waals surface area contributed by atoms with Crippen molar-refractivity contribution in [2.45, 2.75) is 12.2 Å². The Hall–Kier alpha value is -1.99. The molecule has 2 atom stereocenters. The molecule has 0 radical (unpaired) electrons. The topological polar surface area (TPSA) is 121 Å². The van der Waals surface area contributed by atoms with Crippen LogP contribution in [0.4, 0.5) is 4.39 Å². The molecule has 0 heterocycles. The van der Waals surface area contributed by atoms with Crippen molar-refractivity contribution in [2.75, 3.05) is 0 Å². The molecule has 0 fully saturated rings. The third-order valence-electron chi connectivity index (χ3n) is 2.15. The van der Waals surface area contributed by atoms with Crippen molar-refractivity contribution >= 4 is 11.9 Å². The van der Waals surface area contributed by atoms with Gasteiger partial charge in [-0.05, 0) is 17.7 Å². The van der Waals surface area contributed by atoms with Gasteiger partial charge >= 0.3 is 5.97 Å². The molecule has 0 saturated carbocycles. The number of carboxylic acids is 1. The van der Waals surface area contributed by atoms with Crippen LogP contribution < -0.4 is 5.73 Å². The number of nitrogens with two attached hydrogens (primary N) is 1. The maximum atomic E-state index is 13.0. The van der Waals surface area contributed by atoms with Gasteiger partial charge in [-0.2, -0.15) is 0 Å². The number of aliphatic hydroxyl groups is 2. The summed E-state index contributed by atoms with van der Waals surface area (Å²) in [6, 6.07) is 2.70. The maximum absolute atomic E-state index is 13.0. The fourth-order valence-electron chi connectivity index (χ4n) is 1.23. The minimum atomic E-state index is -1.89. The summed E-state index contributed by atoms with van der Waals surface area (Å²) >= 11 is 0. The average Bonchev–Trinajstić information content (AvgIpc) is 2.27. The number of halogens is 1. The number of carbonyl (C=O) groups excluding carboxylic acids is 1. The first-order valence-electron chi connectivity index (χ1n) is 4.52. The zero-order valence-corrected chi connectivity index (χ0v) is 8.50. The van der Waals surface area contributed by atoms with Crippen molar-refractivity contribution in [2.24, 2.45) is 5.73 Å². The van der Waals surface area contributed by atoms with Gasteiger partial charge in [0.05, 0.1) is 5.56 Å².